The maximum atomic E-state index is 12.5. The molecule has 52 valence electrons. The Morgan fingerprint density at radius 1 is 1.78 bits per heavy atom. The molecular formula is C6H9FOS. The predicted octanol–water partition coefficient (Wildman–Crippen LogP) is 1.28. The van der Waals surface area contributed by atoms with Gasteiger partial charge >= 0.3 is 0 Å². The molecule has 0 N–H and O–H groups in total. The van der Waals surface area contributed by atoms with Gasteiger partial charge in [0.2, 0.25) is 0 Å². The standard InChI is InChI=1S/C6H9FOS/c7-6(3-8)5-1-2-9-4-5/h3,5-6H,1-2,4H2. The largest absolute Gasteiger partial charge is 0.300 e. The molecule has 2 unspecified atom stereocenters. The second kappa shape index (κ2) is 3.20. The van der Waals surface area contributed by atoms with Crippen LogP contribution in [0.4, 0.5) is 4.39 Å². The van der Waals surface area contributed by atoms with Crippen LogP contribution in [0.1, 0.15) is 6.42 Å². The highest BCUT2D eigenvalue weighted by molar-refractivity contribution is 7.99. The molecule has 0 aromatic rings. The summed E-state index contributed by atoms with van der Waals surface area (Å²) in [6.45, 7) is 0. The van der Waals surface area contributed by atoms with Crippen LogP contribution in [0.3, 0.4) is 0 Å². The van der Waals surface area contributed by atoms with Gasteiger partial charge in [-0.2, -0.15) is 11.8 Å². The summed E-state index contributed by atoms with van der Waals surface area (Å²) in [4.78, 5) is 9.91. The van der Waals surface area contributed by atoms with Crippen LogP contribution in [-0.4, -0.2) is 24.0 Å². The summed E-state index contributed by atoms with van der Waals surface area (Å²) >= 11 is 1.73. The lowest BCUT2D eigenvalue weighted by Gasteiger charge is -2.05. The fourth-order valence-corrected chi connectivity index (χ4v) is 2.20. The van der Waals surface area contributed by atoms with Crippen molar-refractivity contribution >= 4 is 18.0 Å². The van der Waals surface area contributed by atoms with Gasteiger partial charge in [0.05, 0.1) is 0 Å². The lowest BCUT2D eigenvalue weighted by atomic mass is 10.1. The Kier molecular flexibility index (Phi) is 2.51. The van der Waals surface area contributed by atoms with Crippen molar-refractivity contribution in [2.24, 2.45) is 5.92 Å². The average Bonchev–Trinajstić information content (AvgIpc) is 2.37. The van der Waals surface area contributed by atoms with Gasteiger partial charge in [-0.3, -0.25) is 0 Å². The summed E-state index contributed by atoms with van der Waals surface area (Å²) in [5, 5.41) is 0. The molecule has 1 aliphatic heterocycles. The summed E-state index contributed by atoms with van der Waals surface area (Å²) in [5.74, 6) is 1.84. The molecule has 0 spiro atoms. The molecule has 0 aromatic heterocycles. The molecule has 0 amide bonds. The Labute approximate surface area is 58.0 Å². The minimum absolute atomic E-state index is 0.00694. The zero-order valence-electron chi connectivity index (χ0n) is 5.05. The quantitative estimate of drug-likeness (QED) is 0.549. The van der Waals surface area contributed by atoms with E-state index in [1.54, 1.807) is 11.8 Å². The first-order chi connectivity index (χ1) is 4.34. The Morgan fingerprint density at radius 2 is 2.56 bits per heavy atom. The predicted molar refractivity (Wildman–Crippen MR) is 36.4 cm³/mol. The van der Waals surface area contributed by atoms with E-state index in [-0.39, 0.29) is 5.92 Å². The van der Waals surface area contributed by atoms with E-state index in [0.29, 0.717) is 6.29 Å². The van der Waals surface area contributed by atoms with Crippen LogP contribution in [0.15, 0.2) is 0 Å². The average molecular weight is 148 g/mol. The maximum Gasteiger partial charge on any atom is 0.159 e. The molecule has 1 heterocycles. The van der Waals surface area contributed by atoms with Crippen LogP contribution in [0.2, 0.25) is 0 Å². The number of aldehydes is 1. The van der Waals surface area contributed by atoms with E-state index in [9.17, 15) is 9.18 Å². The first-order valence-electron chi connectivity index (χ1n) is 3.01. The van der Waals surface area contributed by atoms with E-state index in [4.69, 9.17) is 0 Å². The second-order valence-electron chi connectivity index (χ2n) is 2.20. The third-order valence-electron chi connectivity index (χ3n) is 1.55. The van der Waals surface area contributed by atoms with Crippen molar-refractivity contribution < 1.29 is 9.18 Å². The fraction of sp³-hybridized carbons (Fsp3) is 0.833. The third kappa shape index (κ3) is 1.68. The highest BCUT2D eigenvalue weighted by Crippen LogP contribution is 2.26. The summed E-state index contributed by atoms with van der Waals surface area (Å²) < 4.78 is 12.5. The van der Waals surface area contributed by atoms with Gasteiger partial charge in [0.25, 0.3) is 0 Å². The molecule has 0 saturated carbocycles. The zero-order chi connectivity index (χ0) is 6.69. The van der Waals surface area contributed by atoms with E-state index < -0.39 is 6.17 Å². The number of carbonyl (C=O) groups excluding carboxylic acids is 1. The lowest BCUT2D eigenvalue weighted by Crippen LogP contribution is -2.16. The topological polar surface area (TPSA) is 17.1 Å². The van der Waals surface area contributed by atoms with Crippen LogP contribution >= 0.6 is 11.8 Å². The molecule has 1 fully saturated rings. The van der Waals surface area contributed by atoms with E-state index in [0.717, 1.165) is 17.9 Å². The van der Waals surface area contributed by atoms with Gasteiger partial charge in [-0.1, -0.05) is 0 Å². The van der Waals surface area contributed by atoms with Gasteiger partial charge in [-0.25, -0.2) is 4.39 Å². The first kappa shape index (κ1) is 7.06. The van der Waals surface area contributed by atoms with Gasteiger partial charge in [-0.15, -0.1) is 0 Å². The molecule has 0 aliphatic carbocycles. The Morgan fingerprint density at radius 3 is 3.00 bits per heavy atom. The molecule has 3 heteroatoms. The van der Waals surface area contributed by atoms with Crippen molar-refractivity contribution in [2.75, 3.05) is 11.5 Å². The van der Waals surface area contributed by atoms with Crippen molar-refractivity contribution in [2.45, 2.75) is 12.6 Å². The third-order valence-corrected chi connectivity index (χ3v) is 2.73. The molecule has 1 nitrogen and oxygen atoms in total. The van der Waals surface area contributed by atoms with Gasteiger partial charge in [0.15, 0.2) is 12.5 Å². The van der Waals surface area contributed by atoms with Crippen LogP contribution in [0, 0.1) is 5.92 Å². The van der Waals surface area contributed by atoms with Gasteiger partial charge in [-0.05, 0) is 17.9 Å². The Balaban J connectivity index is 2.32. The normalized spacial score (nSPS) is 30.1. The molecule has 0 radical (unpaired) electrons. The minimum Gasteiger partial charge on any atom is -0.300 e. The number of thioether (sulfide) groups is 1. The molecule has 9 heavy (non-hydrogen) atoms. The molecule has 0 bridgehead atoms. The van der Waals surface area contributed by atoms with E-state index >= 15 is 0 Å². The van der Waals surface area contributed by atoms with Gasteiger partial charge < -0.3 is 4.79 Å². The number of carbonyl (C=O) groups is 1. The summed E-state index contributed by atoms with van der Waals surface area (Å²) in [6.07, 6.45) is 0.0706. The zero-order valence-corrected chi connectivity index (χ0v) is 5.86. The molecule has 0 aromatic carbocycles. The van der Waals surface area contributed by atoms with Crippen LogP contribution in [0.5, 0.6) is 0 Å². The van der Waals surface area contributed by atoms with Gasteiger partial charge in [0.1, 0.15) is 0 Å². The van der Waals surface area contributed by atoms with Crippen LogP contribution in [-0.2, 0) is 4.79 Å². The smallest absolute Gasteiger partial charge is 0.159 e. The molecule has 1 aliphatic rings. The highest BCUT2D eigenvalue weighted by atomic mass is 32.2. The molecule has 1 rings (SSSR count). The lowest BCUT2D eigenvalue weighted by molar-refractivity contribution is -0.113. The number of alkyl halides is 1. The number of rotatable bonds is 2. The van der Waals surface area contributed by atoms with E-state index in [1.807, 2.05) is 0 Å². The number of halogens is 1. The summed E-state index contributed by atoms with van der Waals surface area (Å²) in [6, 6.07) is 0. The van der Waals surface area contributed by atoms with Crippen LogP contribution < -0.4 is 0 Å². The molecule has 2 atom stereocenters. The molecule has 1 saturated heterocycles. The number of hydrogen-bond donors (Lipinski definition) is 0. The monoisotopic (exact) mass is 148 g/mol. The van der Waals surface area contributed by atoms with E-state index in [2.05, 4.69) is 0 Å². The summed E-state index contributed by atoms with van der Waals surface area (Å²) in [5.41, 5.74) is 0. The maximum absolute atomic E-state index is 12.5. The van der Waals surface area contributed by atoms with Crippen molar-refractivity contribution in [1.82, 2.24) is 0 Å². The Bertz CT molecular complexity index is 101. The van der Waals surface area contributed by atoms with Crippen molar-refractivity contribution in [3.8, 4) is 0 Å². The molecular weight excluding hydrogens is 139 g/mol. The SMILES string of the molecule is O=CC(F)C1CCSC1. The van der Waals surface area contributed by atoms with Crippen LogP contribution in [0.25, 0.3) is 0 Å². The van der Waals surface area contributed by atoms with Gasteiger partial charge in [0, 0.05) is 5.92 Å². The second-order valence-corrected chi connectivity index (χ2v) is 3.35. The number of hydrogen-bond acceptors (Lipinski definition) is 2. The van der Waals surface area contributed by atoms with E-state index in [1.165, 1.54) is 0 Å². The van der Waals surface area contributed by atoms with Crippen molar-refractivity contribution in [3.05, 3.63) is 0 Å². The summed E-state index contributed by atoms with van der Waals surface area (Å²) in [7, 11) is 0. The highest BCUT2D eigenvalue weighted by Gasteiger charge is 2.24. The van der Waals surface area contributed by atoms with Crippen molar-refractivity contribution in [3.63, 3.8) is 0 Å². The Hall–Kier alpha value is -0.0500. The minimum atomic E-state index is -1.21. The first-order valence-corrected chi connectivity index (χ1v) is 4.17. The fourth-order valence-electron chi connectivity index (χ4n) is 0.915. The van der Waals surface area contributed by atoms with Crippen molar-refractivity contribution in [1.29, 1.82) is 0 Å².